The van der Waals surface area contributed by atoms with Crippen molar-refractivity contribution in [3.05, 3.63) is 27.4 Å². The van der Waals surface area contributed by atoms with E-state index < -0.39 is 0 Å². The molecular weight excluding hydrogens is 318 g/mol. The van der Waals surface area contributed by atoms with Gasteiger partial charge in [-0.1, -0.05) is 20.8 Å². The van der Waals surface area contributed by atoms with Crippen molar-refractivity contribution in [3.63, 3.8) is 0 Å². The second-order valence-corrected chi connectivity index (χ2v) is 8.40. The maximum atomic E-state index is 12.5. The van der Waals surface area contributed by atoms with Crippen molar-refractivity contribution in [2.24, 2.45) is 0 Å². The highest BCUT2D eigenvalue weighted by Crippen LogP contribution is 2.44. The third-order valence-electron chi connectivity index (χ3n) is 5.68. The molecule has 0 radical (unpaired) electrons. The maximum absolute atomic E-state index is 12.5. The Balaban J connectivity index is 1.82. The summed E-state index contributed by atoms with van der Waals surface area (Å²) in [5, 5.41) is 0. The summed E-state index contributed by atoms with van der Waals surface area (Å²) in [6.45, 7) is 8.14. The molecule has 1 amide bonds. The molecule has 1 saturated heterocycles. The van der Waals surface area contributed by atoms with Crippen LogP contribution in [0.4, 0.5) is 0 Å². The number of methoxy groups -OCH3 is 1. The minimum Gasteiger partial charge on any atom is -0.384 e. The molecule has 0 aromatic carbocycles. The zero-order valence-corrected chi connectivity index (χ0v) is 15.8. The third kappa shape index (κ3) is 3.36. The van der Waals surface area contributed by atoms with Crippen LogP contribution in [0.1, 0.15) is 63.5 Å². The first-order valence-corrected chi connectivity index (χ1v) is 9.18. The number of fused-ring (bicyclic) bond motifs is 2. The summed E-state index contributed by atoms with van der Waals surface area (Å²) < 4.78 is 5.01. The number of likely N-dealkylation sites (tertiary alicyclic amines) is 1. The molecule has 0 bridgehead atoms. The molecule has 25 heavy (non-hydrogen) atoms. The Hall–Kier alpha value is -1.69. The Morgan fingerprint density at radius 3 is 2.56 bits per heavy atom. The SMILES string of the molecule is COCCC(=O)N1CCC2(CCc3c2nc(C(C)(C)C)[nH]c3=O)CC1. The number of piperidine rings is 1. The Kier molecular flexibility index (Phi) is 4.75. The largest absolute Gasteiger partial charge is 0.384 e. The quantitative estimate of drug-likeness (QED) is 0.906. The number of rotatable bonds is 3. The summed E-state index contributed by atoms with van der Waals surface area (Å²) in [4.78, 5) is 34.6. The fraction of sp³-hybridized carbons (Fsp3) is 0.737. The van der Waals surface area contributed by atoms with Crippen molar-refractivity contribution in [2.75, 3.05) is 26.8 Å². The summed E-state index contributed by atoms with van der Waals surface area (Å²) >= 11 is 0. The van der Waals surface area contributed by atoms with Gasteiger partial charge in [-0.15, -0.1) is 0 Å². The van der Waals surface area contributed by atoms with Crippen LogP contribution < -0.4 is 5.56 Å². The molecular formula is C19H29N3O3. The third-order valence-corrected chi connectivity index (χ3v) is 5.68. The summed E-state index contributed by atoms with van der Waals surface area (Å²) in [6.07, 6.45) is 3.97. The van der Waals surface area contributed by atoms with Crippen molar-refractivity contribution < 1.29 is 9.53 Å². The molecule has 0 unspecified atom stereocenters. The van der Waals surface area contributed by atoms with E-state index >= 15 is 0 Å². The summed E-state index contributed by atoms with van der Waals surface area (Å²) in [5.41, 5.74) is 1.64. The van der Waals surface area contributed by atoms with Crippen molar-refractivity contribution in [1.82, 2.24) is 14.9 Å². The van der Waals surface area contributed by atoms with Gasteiger partial charge in [-0.3, -0.25) is 9.59 Å². The van der Waals surface area contributed by atoms with Gasteiger partial charge in [0.2, 0.25) is 5.91 Å². The van der Waals surface area contributed by atoms with Crippen LogP contribution in [-0.4, -0.2) is 47.6 Å². The summed E-state index contributed by atoms with van der Waals surface area (Å²) in [5.74, 6) is 0.917. The Bertz CT molecular complexity index is 710. The van der Waals surface area contributed by atoms with E-state index in [1.54, 1.807) is 7.11 Å². The van der Waals surface area contributed by atoms with Gasteiger partial charge < -0.3 is 14.6 Å². The topological polar surface area (TPSA) is 75.3 Å². The van der Waals surface area contributed by atoms with Crippen molar-refractivity contribution >= 4 is 5.91 Å². The van der Waals surface area contributed by atoms with E-state index in [2.05, 4.69) is 25.8 Å². The number of carbonyl (C=O) groups excluding carboxylic acids is 1. The first-order valence-electron chi connectivity index (χ1n) is 9.18. The molecule has 2 heterocycles. The molecule has 138 valence electrons. The zero-order valence-electron chi connectivity index (χ0n) is 15.8. The molecule has 3 rings (SSSR count). The molecule has 1 spiro atoms. The fourth-order valence-electron chi connectivity index (χ4n) is 4.02. The molecule has 0 atom stereocenters. The van der Waals surface area contributed by atoms with Gasteiger partial charge in [0.1, 0.15) is 5.82 Å². The molecule has 6 heteroatoms. The van der Waals surface area contributed by atoms with Gasteiger partial charge in [0.15, 0.2) is 0 Å². The van der Waals surface area contributed by atoms with Crippen LogP contribution in [0, 0.1) is 0 Å². The second kappa shape index (κ2) is 6.56. The number of nitrogens with one attached hydrogen (secondary N) is 1. The van der Waals surface area contributed by atoms with E-state index in [9.17, 15) is 9.59 Å². The van der Waals surface area contributed by atoms with Crippen LogP contribution in [0.3, 0.4) is 0 Å². The van der Waals surface area contributed by atoms with Crippen LogP contribution >= 0.6 is 0 Å². The molecule has 1 aromatic rings. The highest BCUT2D eigenvalue weighted by Gasteiger charge is 2.44. The molecule has 1 aliphatic heterocycles. The predicted molar refractivity (Wildman–Crippen MR) is 95.9 cm³/mol. The molecule has 1 fully saturated rings. The minimum atomic E-state index is -0.186. The molecule has 2 aliphatic rings. The fourth-order valence-corrected chi connectivity index (χ4v) is 4.02. The molecule has 1 aromatic heterocycles. The Morgan fingerprint density at radius 2 is 1.96 bits per heavy atom. The number of hydrogen-bond donors (Lipinski definition) is 1. The van der Waals surface area contributed by atoms with Gasteiger partial charge in [-0.05, 0) is 25.7 Å². The smallest absolute Gasteiger partial charge is 0.254 e. The van der Waals surface area contributed by atoms with Crippen molar-refractivity contribution in [2.45, 2.75) is 63.7 Å². The van der Waals surface area contributed by atoms with E-state index in [4.69, 9.17) is 9.72 Å². The molecule has 6 nitrogen and oxygen atoms in total. The Labute approximate surface area is 149 Å². The summed E-state index contributed by atoms with van der Waals surface area (Å²) in [6, 6.07) is 0. The van der Waals surface area contributed by atoms with Gasteiger partial charge in [0.25, 0.3) is 5.56 Å². The lowest BCUT2D eigenvalue weighted by Gasteiger charge is -2.39. The lowest BCUT2D eigenvalue weighted by atomic mass is 9.76. The normalized spacial score (nSPS) is 19.3. The number of hydrogen-bond acceptors (Lipinski definition) is 4. The number of ether oxygens (including phenoxy) is 1. The number of nitrogens with zero attached hydrogens (tertiary/aromatic N) is 2. The highest BCUT2D eigenvalue weighted by atomic mass is 16.5. The van der Waals surface area contributed by atoms with Crippen molar-refractivity contribution in [1.29, 1.82) is 0 Å². The predicted octanol–water partition coefficient (Wildman–Crippen LogP) is 1.91. The van der Waals surface area contributed by atoms with Crippen LogP contribution in [0.15, 0.2) is 4.79 Å². The van der Waals surface area contributed by atoms with E-state index in [-0.39, 0.29) is 22.3 Å². The van der Waals surface area contributed by atoms with Gasteiger partial charge in [0, 0.05) is 36.6 Å². The van der Waals surface area contributed by atoms with Gasteiger partial charge in [-0.2, -0.15) is 0 Å². The van der Waals surface area contributed by atoms with Gasteiger partial charge in [0.05, 0.1) is 18.7 Å². The molecule has 1 aliphatic carbocycles. The lowest BCUT2D eigenvalue weighted by Crippen LogP contribution is -2.45. The number of H-pyrrole nitrogens is 1. The number of aromatic nitrogens is 2. The van der Waals surface area contributed by atoms with E-state index in [0.717, 1.165) is 55.9 Å². The first-order chi connectivity index (χ1) is 11.8. The molecule has 0 saturated carbocycles. The number of aromatic amines is 1. The van der Waals surface area contributed by atoms with Crippen LogP contribution in [0.2, 0.25) is 0 Å². The van der Waals surface area contributed by atoms with Crippen LogP contribution in [0.25, 0.3) is 0 Å². The molecule has 1 N–H and O–H groups in total. The Morgan fingerprint density at radius 1 is 1.28 bits per heavy atom. The van der Waals surface area contributed by atoms with Gasteiger partial charge >= 0.3 is 0 Å². The first kappa shape index (κ1) is 18.1. The number of amides is 1. The second-order valence-electron chi connectivity index (χ2n) is 8.40. The monoisotopic (exact) mass is 347 g/mol. The van der Waals surface area contributed by atoms with Crippen molar-refractivity contribution in [3.8, 4) is 0 Å². The average molecular weight is 347 g/mol. The van der Waals surface area contributed by atoms with E-state index in [1.807, 2.05) is 4.90 Å². The van der Waals surface area contributed by atoms with E-state index in [0.29, 0.717) is 13.0 Å². The van der Waals surface area contributed by atoms with Crippen LogP contribution in [-0.2, 0) is 26.8 Å². The van der Waals surface area contributed by atoms with E-state index in [1.165, 1.54) is 0 Å². The zero-order chi connectivity index (χ0) is 18.2. The number of carbonyl (C=O) groups is 1. The van der Waals surface area contributed by atoms with Gasteiger partial charge in [-0.25, -0.2) is 4.98 Å². The highest BCUT2D eigenvalue weighted by molar-refractivity contribution is 5.76. The standard InChI is InChI=1S/C19H29N3O3/c1-18(2,3)17-20-15-13(16(24)21-17)5-7-19(15)8-10-22(11-9-19)14(23)6-12-25-4/h5-12H2,1-4H3,(H,20,21,24). The average Bonchev–Trinajstić information content (AvgIpc) is 2.92. The van der Waals surface area contributed by atoms with Crippen LogP contribution in [0.5, 0.6) is 0 Å². The maximum Gasteiger partial charge on any atom is 0.254 e. The summed E-state index contributed by atoms with van der Waals surface area (Å²) in [7, 11) is 1.62. The lowest BCUT2D eigenvalue weighted by molar-refractivity contribution is -0.133. The minimum absolute atomic E-state index is 0.0189.